The van der Waals surface area contributed by atoms with Crippen LogP contribution >= 0.6 is 0 Å². The fourth-order valence-corrected chi connectivity index (χ4v) is 4.82. The molecule has 1 saturated heterocycles. The number of hydrogen-bond donors (Lipinski definition) is 2. The van der Waals surface area contributed by atoms with Crippen LogP contribution in [0.2, 0.25) is 0 Å². The number of para-hydroxylation sites is 2. The third-order valence-electron chi connectivity index (χ3n) is 6.00. The van der Waals surface area contributed by atoms with E-state index in [9.17, 15) is 23.5 Å². The lowest BCUT2D eigenvalue weighted by molar-refractivity contribution is -0.148. The Balaban J connectivity index is 1.41. The Morgan fingerprint density at radius 1 is 1.18 bits per heavy atom. The van der Waals surface area contributed by atoms with Crippen LogP contribution in [0, 0.1) is 23.7 Å². The number of benzene rings is 1. The van der Waals surface area contributed by atoms with E-state index >= 15 is 0 Å². The Hall–Kier alpha value is -2.64. The maximum absolute atomic E-state index is 12.8. The van der Waals surface area contributed by atoms with Gasteiger partial charge in [-0.15, -0.1) is 0 Å². The van der Waals surface area contributed by atoms with Crippen molar-refractivity contribution >= 4 is 17.6 Å². The van der Waals surface area contributed by atoms with E-state index < -0.39 is 24.4 Å². The van der Waals surface area contributed by atoms with Crippen LogP contribution < -0.4 is 15.0 Å². The van der Waals surface area contributed by atoms with Crippen molar-refractivity contribution in [1.82, 2.24) is 5.32 Å². The minimum absolute atomic E-state index is 0.0243. The van der Waals surface area contributed by atoms with Crippen LogP contribution in [0.15, 0.2) is 36.4 Å². The normalized spacial score (nSPS) is 30.8. The molecule has 1 saturated carbocycles. The van der Waals surface area contributed by atoms with Gasteiger partial charge >= 0.3 is 12.6 Å². The minimum atomic E-state index is -2.90. The Morgan fingerprint density at radius 3 is 2.61 bits per heavy atom. The Morgan fingerprint density at radius 2 is 1.89 bits per heavy atom. The molecule has 1 heterocycles. The Bertz CT molecular complexity index is 800. The molecular weight excluding hydrogens is 370 g/mol. The molecule has 2 aliphatic carbocycles. The molecule has 2 N–H and O–H groups in total. The highest BCUT2D eigenvalue weighted by atomic mass is 19.3. The van der Waals surface area contributed by atoms with Crippen LogP contribution in [0.4, 0.5) is 14.5 Å². The predicted molar refractivity (Wildman–Crippen MR) is 97.2 cm³/mol. The molecule has 5 atom stereocenters. The summed E-state index contributed by atoms with van der Waals surface area (Å²) in [4.78, 5) is 26.3. The van der Waals surface area contributed by atoms with Crippen LogP contribution in [0.5, 0.6) is 5.75 Å². The summed E-state index contributed by atoms with van der Waals surface area (Å²) in [7, 11) is 0. The molecule has 5 unspecified atom stereocenters. The van der Waals surface area contributed by atoms with Gasteiger partial charge in [-0.05, 0) is 36.8 Å². The van der Waals surface area contributed by atoms with Gasteiger partial charge in [-0.3, -0.25) is 9.59 Å². The predicted octanol–water partition coefficient (Wildman–Crippen LogP) is 2.51. The fraction of sp³-hybridized carbons (Fsp3) is 0.500. The second-order valence-electron chi connectivity index (χ2n) is 7.62. The summed E-state index contributed by atoms with van der Waals surface area (Å²) in [5.74, 6) is -2.37. The summed E-state index contributed by atoms with van der Waals surface area (Å²) in [5.41, 5.74) is 0.561. The molecule has 0 radical (unpaired) electrons. The number of ether oxygens (including phenoxy) is 1. The van der Waals surface area contributed by atoms with Gasteiger partial charge in [-0.25, -0.2) is 0 Å². The lowest BCUT2D eigenvalue weighted by atomic mass is 9.82. The number of fused-ring (bicyclic) bond motifs is 2. The molecule has 6 nitrogen and oxygen atoms in total. The number of hydrogen-bond acceptors (Lipinski definition) is 4. The number of carboxylic acid groups (broad SMARTS) is 1. The summed E-state index contributed by atoms with van der Waals surface area (Å²) >= 11 is 0. The van der Waals surface area contributed by atoms with Gasteiger partial charge in [0.2, 0.25) is 5.91 Å². The average molecular weight is 392 g/mol. The number of carbonyl (C=O) groups is 2. The van der Waals surface area contributed by atoms with Crippen molar-refractivity contribution in [3.05, 3.63) is 36.4 Å². The number of nitrogens with one attached hydrogen (secondary N) is 1. The number of rotatable bonds is 6. The van der Waals surface area contributed by atoms with Crippen molar-refractivity contribution in [2.24, 2.45) is 23.7 Å². The fourth-order valence-electron chi connectivity index (χ4n) is 4.82. The van der Waals surface area contributed by atoms with Gasteiger partial charge in [-0.2, -0.15) is 8.78 Å². The molecule has 8 heteroatoms. The molecule has 1 aliphatic heterocycles. The summed E-state index contributed by atoms with van der Waals surface area (Å²) in [6.45, 7) is -1.85. The maximum atomic E-state index is 12.8. The first-order valence-corrected chi connectivity index (χ1v) is 9.44. The number of nitrogens with zero attached hydrogens (tertiary/aromatic N) is 1. The Labute approximate surface area is 161 Å². The summed E-state index contributed by atoms with van der Waals surface area (Å²) in [6, 6.07) is 6.42. The van der Waals surface area contributed by atoms with E-state index in [0.29, 0.717) is 31.6 Å². The average Bonchev–Trinajstić information content (AvgIpc) is 3.37. The van der Waals surface area contributed by atoms with Gasteiger partial charge in [0.25, 0.3) is 0 Å². The van der Waals surface area contributed by atoms with E-state index in [1.54, 1.807) is 18.2 Å². The van der Waals surface area contributed by atoms with E-state index in [-0.39, 0.29) is 29.5 Å². The van der Waals surface area contributed by atoms with E-state index in [4.69, 9.17) is 0 Å². The topological polar surface area (TPSA) is 78.9 Å². The van der Waals surface area contributed by atoms with Crippen molar-refractivity contribution in [3.8, 4) is 5.75 Å². The van der Waals surface area contributed by atoms with Crippen molar-refractivity contribution in [1.29, 1.82) is 0 Å². The lowest BCUT2D eigenvalue weighted by Gasteiger charge is -2.26. The van der Waals surface area contributed by atoms with Crippen LogP contribution in [-0.4, -0.2) is 42.7 Å². The number of alkyl halides is 2. The molecule has 0 aromatic heterocycles. The van der Waals surface area contributed by atoms with Crippen molar-refractivity contribution in [2.45, 2.75) is 25.5 Å². The molecule has 0 spiro atoms. The second-order valence-corrected chi connectivity index (χ2v) is 7.62. The molecule has 1 aromatic carbocycles. The SMILES string of the molecule is O=C(O)C1C2C=CC(C2)C1C(=O)NC1CCN(c2ccccc2OC(F)F)C1. The molecule has 2 bridgehead atoms. The first-order valence-electron chi connectivity index (χ1n) is 9.44. The van der Waals surface area contributed by atoms with E-state index in [0.717, 1.165) is 0 Å². The number of allylic oxidation sites excluding steroid dienone is 2. The zero-order valence-electron chi connectivity index (χ0n) is 15.1. The highest BCUT2D eigenvalue weighted by molar-refractivity contribution is 5.87. The summed E-state index contributed by atoms with van der Waals surface area (Å²) in [6.07, 6.45) is 5.23. The molecule has 28 heavy (non-hydrogen) atoms. The van der Waals surface area contributed by atoms with E-state index in [1.165, 1.54) is 6.07 Å². The quantitative estimate of drug-likeness (QED) is 0.728. The second kappa shape index (κ2) is 7.41. The largest absolute Gasteiger partial charge is 0.481 e. The summed E-state index contributed by atoms with van der Waals surface area (Å²) < 4.78 is 29.9. The third-order valence-corrected chi connectivity index (χ3v) is 6.00. The number of amides is 1. The number of carboxylic acids is 1. The number of aliphatic carboxylic acids is 1. The summed E-state index contributed by atoms with van der Waals surface area (Å²) in [5, 5.41) is 12.5. The number of anilines is 1. The highest BCUT2D eigenvalue weighted by Gasteiger charge is 2.52. The van der Waals surface area contributed by atoms with Gasteiger partial charge < -0.3 is 20.1 Å². The van der Waals surface area contributed by atoms with Crippen molar-refractivity contribution in [2.75, 3.05) is 18.0 Å². The molecule has 2 fully saturated rings. The zero-order valence-corrected chi connectivity index (χ0v) is 15.1. The van der Waals surface area contributed by atoms with Gasteiger partial charge in [0.05, 0.1) is 17.5 Å². The molecular formula is C20H22F2N2O4. The minimum Gasteiger partial charge on any atom is -0.481 e. The van der Waals surface area contributed by atoms with Crippen LogP contribution in [0.3, 0.4) is 0 Å². The van der Waals surface area contributed by atoms with Crippen molar-refractivity contribution in [3.63, 3.8) is 0 Å². The standard InChI is InChI=1S/C20H22F2N2O4/c21-20(22)28-15-4-2-1-3-14(15)24-8-7-13(10-24)23-18(25)16-11-5-6-12(9-11)17(16)19(26)27/h1-6,11-13,16-17,20H,7-10H2,(H,23,25)(H,26,27). The molecule has 150 valence electrons. The highest BCUT2D eigenvalue weighted by Crippen LogP contribution is 2.48. The first-order chi connectivity index (χ1) is 13.4. The van der Waals surface area contributed by atoms with E-state index in [2.05, 4.69) is 10.1 Å². The lowest BCUT2D eigenvalue weighted by Crippen LogP contribution is -2.45. The van der Waals surface area contributed by atoms with Crippen molar-refractivity contribution < 1.29 is 28.2 Å². The van der Waals surface area contributed by atoms with Gasteiger partial charge in [-0.1, -0.05) is 24.3 Å². The maximum Gasteiger partial charge on any atom is 0.387 e. The number of carbonyl (C=O) groups excluding carboxylic acids is 1. The smallest absolute Gasteiger partial charge is 0.387 e. The van der Waals surface area contributed by atoms with Crippen LogP contribution in [0.1, 0.15) is 12.8 Å². The molecule has 4 rings (SSSR count). The third kappa shape index (κ3) is 3.43. The monoisotopic (exact) mass is 392 g/mol. The first kappa shape index (κ1) is 18.7. The van der Waals surface area contributed by atoms with E-state index in [1.807, 2.05) is 17.1 Å². The van der Waals surface area contributed by atoms with Crippen LogP contribution in [-0.2, 0) is 9.59 Å². The van der Waals surface area contributed by atoms with Gasteiger partial charge in [0, 0.05) is 19.1 Å². The van der Waals surface area contributed by atoms with Gasteiger partial charge in [0.1, 0.15) is 5.75 Å². The van der Waals surface area contributed by atoms with Crippen LogP contribution in [0.25, 0.3) is 0 Å². The Kier molecular flexibility index (Phi) is 4.95. The number of halogens is 2. The molecule has 1 aromatic rings. The molecule has 3 aliphatic rings. The molecule has 1 amide bonds. The van der Waals surface area contributed by atoms with Gasteiger partial charge in [0.15, 0.2) is 0 Å². The zero-order chi connectivity index (χ0) is 19.8.